The van der Waals surface area contributed by atoms with Crippen LogP contribution in [0.3, 0.4) is 0 Å². The van der Waals surface area contributed by atoms with Gasteiger partial charge in [-0.1, -0.05) is 11.6 Å². The molecule has 19 heavy (non-hydrogen) atoms. The summed E-state index contributed by atoms with van der Waals surface area (Å²) in [7, 11) is 0. The Balaban J connectivity index is 2.09. The largest absolute Gasteiger partial charge is 0.478 e. The van der Waals surface area contributed by atoms with Crippen molar-refractivity contribution >= 4 is 45.3 Å². The molecule has 0 atom stereocenters. The first-order valence-electron chi connectivity index (χ1n) is 5.18. The van der Waals surface area contributed by atoms with E-state index < -0.39 is 5.97 Å². The van der Waals surface area contributed by atoms with Crippen molar-refractivity contribution in [3.63, 3.8) is 0 Å². The van der Waals surface area contributed by atoms with Gasteiger partial charge in [-0.15, -0.1) is 11.8 Å². The van der Waals surface area contributed by atoms with Crippen molar-refractivity contribution in [1.29, 1.82) is 0 Å². The van der Waals surface area contributed by atoms with Crippen LogP contribution in [0.15, 0.2) is 40.0 Å². The van der Waals surface area contributed by atoms with Gasteiger partial charge in [-0.2, -0.15) is 0 Å². The number of hydrogen-bond donors (Lipinski definition) is 1. The molecule has 0 saturated heterocycles. The second-order valence-corrected chi connectivity index (χ2v) is 5.86. The summed E-state index contributed by atoms with van der Waals surface area (Å²) in [6.45, 7) is 0. The SMILES string of the molecule is O=C(O)c1cc(SCc2cnc(Cl)cn2)ccc1Br. The minimum Gasteiger partial charge on any atom is -0.478 e. The van der Waals surface area contributed by atoms with Crippen LogP contribution < -0.4 is 0 Å². The molecule has 0 aliphatic carbocycles. The molecule has 0 radical (unpaired) electrons. The van der Waals surface area contributed by atoms with Gasteiger partial charge in [-0.05, 0) is 34.1 Å². The summed E-state index contributed by atoms with van der Waals surface area (Å²) < 4.78 is 0.565. The van der Waals surface area contributed by atoms with Crippen LogP contribution in [0.1, 0.15) is 16.1 Å². The third-order valence-corrected chi connectivity index (χ3v) is 4.14. The Kier molecular flexibility index (Phi) is 4.79. The highest BCUT2D eigenvalue weighted by Crippen LogP contribution is 2.27. The Morgan fingerprint density at radius 2 is 2.16 bits per heavy atom. The summed E-state index contributed by atoms with van der Waals surface area (Å²) in [5.41, 5.74) is 1.03. The molecule has 0 fully saturated rings. The average molecular weight is 360 g/mol. The third-order valence-electron chi connectivity index (χ3n) is 2.23. The first kappa shape index (κ1) is 14.3. The van der Waals surface area contributed by atoms with Crippen molar-refractivity contribution in [2.24, 2.45) is 0 Å². The number of hydrogen-bond acceptors (Lipinski definition) is 4. The van der Waals surface area contributed by atoms with Crippen LogP contribution in [-0.2, 0) is 5.75 Å². The summed E-state index contributed by atoms with van der Waals surface area (Å²) >= 11 is 10.3. The lowest BCUT2D eigenvalue weighted by molar-refractivity contribution is 0.0695. The predicted molar refractivity (Wildman–Crippen MR) is 77.7 cm³/mol. The molecule has 0 spiro atoms. The van der Waals surface area contributed by atoms with Crippen LogP contribution in [0.5, 0.6) is 0 Å². The predicted octanol–water partition coefficient (Wildman–Crippen LogP) is 3.88. The van der Waals surface area contributed by atoms with Crippen LogP contribution in [0.4, 0.5) is 0 Å². The molecule has 1 aromatic carbocycles. The van der Waals surface area contributed by atoms with Crippen LogP contribution in [0, 0.1) is 0 Å². The summed E-state index contributed by atoms with van der Waals surface area (Å²) in [4.78, 5) is 19.9. The number of aromatic carboxylic acids is 1. The Morgan fingerprint density at radius 3 is 2.79 bits per heavy atom. The summed E-state index contributed by atoms with van der Waals surface area (Å²) in [5, 5.41) is 9.38. The third kappa shape index (κ3) is 3.92. The van der Waals surface area contributed by atoms with Crippen LogP contribution in [0.25, 0.3) is 0 Å². The first-order valence-corrected chi connectivity index (χ1v) is 7.34. The molecule has 0 aliphatic rings. The number of carboxylic acid groups (broad SMARTS) is 1. The van der Waals surface area contributed by atoms with Gasteiger partial charge in [0.25, 0.3) is 0 Å². The van der Waals surface area contributed by atoms with Crippen molar-refractivity contribution in [2.75, 3.05) is 0 Å². The molecule has 98 valence electrons. The molecule has 2 aromatic rings. The fraction of sp³-hybridized carbons (Fsp3) is 0.0833. The Morgan fingerprint density at radius 1 is 1.37 bits per heavy atom. The molecular weight excluding hydrogens is 352 g/mol. The molecule has 0 saturated carbocycles. The normalized spacial score (nSPS) is 10.4. The molecule has 7 heteroatoms. The van der Waals surface area contributed by atoms with Crippen molar-refractivity contribution < 1.29 is 9.90 Å². The topological polar surface area (TPSA) is 63.1 Å². The first-order chi connectivity index (χ1) is 9.06. The number of halogens is 2. The number of rotatable bonds is 4. The molecular formula is C12H8BrClN2O2S. The zero-order valence-electron chi connectivity index (χ0n) is 9.51. The molecule has 0 aliphatic heterocycles. The molecule has 0 amide bonds. The van der Waals surface area contributed by atoms with E-state index in [9.17, 15) is 4.79 Å². The molecule has 0 unspecified atom stereocenters. The number of benzene rings is 1. The van der Waals surface area contributed by atoms with E-state index in [1.165, 1.54) is 18.0 Å². The number of nitrogens with zero attached hydrogens (tertiary/aromatic N) is 2. The lowest BCUT2D eigenvalue weighted by Crippen LogP contribution is -1.97. The summed E-state index contributed by atoms with van der Waals surface area (Å²) in [6, 6.07) is 5.20. The van der Waals surface area contributed by atoms with E-state index in [2.05, 4.69) is 25.9 Å². The highest BCUT2D eigenvalue weighted by molar-refractivity contribution is 9.10. The van der Waals surface area contributed by atoms with Crippen molar-refractivity contribution in [3.05, 3.63) is 51.5 Å². The minimum absolute atomic E-state index is 0.243. The quantitative estimate of drug-likeness (QED) is 0.839. The van der Waals surface area contributed by atoms with E-state index in [1.807, 2.05) is 6.07 Å². The molecule has 4 nitrogen and oxygen atoms in total. The minimum atomic E-state index is -0.958. The van der Waals surface area contributed by atoms with Gasteiger partial charge in [0.05, 0.1) is 23.7 Å². The maximum Gasteiger partial charge on any atom is 0.336 e. The smallest absolute Gasteiger partial charge is 0.336 e. The number of carbonyl (C=O) groups is 1. The van der Waals surface area contributed by atoms with E-state index >= 15 is 0 Å². The maximum atomic E-state index is 11.0. The van der Waals surface area contributed by atoms with E-state index in [-0.39, 0.29) is 5.56 Å². The molecule has 1 aromatic heterocycles. The summed E-state index contributed by atoms with van der Waals surface area (Å²) in [5.74, 6) is -0.356. The van der Waals surface area contributed by atoms with Gasteiger partial charge in [0.15, 0.2) is 0 Å². The van der Waals surface area contributed by atoms with Gasteiger partial charge in [-0.25, -0.2) is 9.78 Å². The maximum absolute atomic E-state index is 11.0. The van der Waals surface area contributed by atoms with Gasteiger partial charge >= 0.3 is 5.97 Å². The zero-order valence-corrected chi connectivity index (χ0v) is 12.7. The molecule has 1 N–H and O–H groups in total. The molecule has 1 heterocycles. The van der Waals surface area contributed by atoms with Gasteiger partial charge in [0.1, 0.15) is 5.15 Å². The fourth-order valence-corrected chi connectivity index (χ4v) is 2.67. The second kappa shape index (κ2) is 6.36. The Hall–Kier alpha value is -1.11. The van der Waals surface area contributed by atoms with Gasteiger partial charge in [0.2, 0.25) is 0 Å². The number of carboxylic acids is 1. The summed E-state index contributed by atoms with van der Waals surface area (Å²) in [6.07, 6.45) is 3.09. The van der Waals surface area contributed by atoms with Gasteiger partial charge in [0, 0.05) is 15.1 Å². The monoisotopic (exact) mass is 358 g/mol. The Bertz CT molecular complexity index is 607. The van der Waals surface area contributed by atoms with Gasteiger partial charge < -0.3 is 5.11 Å². The Labute approximate surface area is 127 Å². The highest BCUT2D eigenvalue weighted by Gasteiger charge is 2.09. The lowest BCUT2D eigenvalue weighted by atomic mass is 10.2. The lowest BCUT2D eigenvalue weighted by Gasteiger charge is -2.04. The van der Waals surface area contributed by atoms with E-state index in [4.69, 9.17) is 16.7 Å². The van der Waals surface area contributed by atoms with Crippen molar-refractivity contribution in [1.82, 2.24) is 9.97 Å². The van der Waals surface area contributed by atoms with Gasteiger partial charge in [-0.3, -0.25) is 4.98 Å². The van der Waals surface area contributed by atoms with E-state index in [0.717, 1.165) is 10.6 Å². The average Bonchev–Trinajstić information content (AvgIpc) is 2.39. The number of thioether (sulfide) groups is 1. The molecule has 0 bridgehead atoms. The van der Waals surface area contributed by atoms with Crippen molar-refractivity contribution in [3.8, 4) is 0 Å². The van der Waals surface area contributed by atoms with Crippen molar-refractivity contribution in [2.45, 2.75) is 10.6 Å². The van der Waals surface area contributed by atoms with Crippen LogP contribution >= 0.6 is 39.3 Å². The van der Waals surface area contributed by atoms with E-state index in [1.54, 1.807) is 18.3 Å². The van der Waals surface area contributed by atoms with Crippen LogP contribution in [0.2, 0.25) is 5.15 Å². The second-order valence-electron chi connectivity index (χ2n) is 3.57. The zero-order chi connectivity index (χ0) is 13.8. The number of aromatic nitrogens is 2. The highest BCUT2D eigenvalue weighted by atomic mass is 79.9. The molecule has 2 rings (SSSR count). The fourth-order valence-electron chi connectivity index (χ4n) is 1.33. The van der Waals surface area contributed by atoms with Crippen LogP contribution in [-0.4, -0.2) is 21.0 Å². The standard InChI is InChI=1S/C12H8BrClN2O2S/c13-10-2-1-8(3-9(10)12(17)18)19-6-7-4-16-11(14)5-15-7/h1-5H,6H2,(H,17,18). The van der Waals surface area contributed by atoms with E-state index in [0.29, 0.717) is 15.4 Å².